The van der Waals surface area contributed by atoms with Crippen molar-refractivity contribution < 1.29 is 14.3 Å². The van der Waals surface area contributed by atoms with Gasteiger partial charge in [-0.15, -0.1) is 11.8 Å². The second kappa shape index (κ2) is 10.8. The first kappa shape index (κ1) is 21.8. The van der Waals surface area contributed by atoms with E-state index in [0.717, 1.165) is 17.1 Å². The quantitative estimate of drug-likeness (QED) is 0.701. The van der Waals surface area contributed by atoms with Crippen molar-refractivity contribution in [3.63, 3.8) is 0 Å². The smallest absolute Gasteiger partial charge is 0.242 e. The number of ether oxygens (including phenoxy) is 1. The Morgan fingerprint density at radius 1 is 1.07 bits per heavy atom. The number of nitrogens with one attached hydrogen (secondary N) is 1. The van der Waals surface area contributed by atoms with E-state index in [1.807, 2.05) is 24.3 Å². The van der Waals surface area contributed by atoms with Crippen molar-refractivity contribution in [3.8, 4) is 5.75 Å². The van der Waals surface area contributed by atoms with E-state index in [1.54, 1.807) is 37.7 Å². The molecule has 5 nitrogen and oxygen atoms in total. The van der Waals surface area contributed by atoms with Crippen LogP contribution in [0.25, 0.3) is 0 Å². The molecule has 0 aliphatic carbocycles. The Morgan fingerprint density at radius 2 is 1.68 bits per heavy atom. The molecule has 0 saturated carbocycles. The van der Waals surface area contributed by atoms with Gasteiger partial charge in [0.25, 0.3) is 0 Å². The van der Waals surface area contributed by atoms with Crippen molar-refractivity contribution in [1.29, 1.82) is 0 Å². The van der Waals surface area contributed by atoms with Crippen LogP contribution < -0.4 is 10.1 Å². The van der Waals surface area contributed by atoms with Crippen LogP contribution in [0.2, 0.25) is 0 Å². The largest absolute Gasteiger partial charge is 0.497 e. The van der Waals surface area contributed by atoms with E-state index in [4.69, 9.17) is 4.74 Å². The van der Waals surface area contributed by atoms with Crippen LogP contribution in [-0.4, -0.2) is 42.7 Å². The first-order valence-corrected chi connectivity index (χ1v) is 10.4. The summed E-state index contributed by atoms with van der Waals surface area (Å²) in [5, 5.41) is 2.63. The zero-order valence-electron chi connectivity index (χ0n) is 16.9. The molecule has 2 rings (SSSR count). The number of aryl methyl sites for hydroxylation is 1. The van der Waals surface area contributed by atoms with Gasteiger partial charge >= 0.3 is 0 Å². The number of hydrogen-bond donors (Lipinski definition) is 1. The van der Waals surface area contributed by atoms with E-state index in [-0.39, 0.29) is 11.8 Å². The van der Waals surface area contributed by atoms with E-state index in [0.29, 0.717) is 12.3 Å². The fourth-order valence-electron chi connectivity index (χ4n) is 2.74. The van der Waals surface area contributed by atoms with Crippen molar-refractivity contribution in [2.45, 2.75) is 32.2 Å². The number of amides is 2. The third-order valence-corrected chi connectivity index (χ3v) is 5.53. The Labute approximate surface area is 171 Å². The van der Waals surface area contributed by atoms with Gasteiger partial charge in [0.2, 0.25) is 11.8 Å². The second-order valence-electron chi connectivity index (χ2n) is 6.64. The molecule has 0 bridgehead atoms. The van der Waals surface area contributed by atoms with Crippen LogP contribution in [-0.2, 0) is 21.9 Å². The SMILES string of the molecule is CNC(=O)[C@@H](C)N(Cc1ccc(OC)cc1)C(=O)CSCc1ccc(C)cc1. The summed E-state index contributed by atoms with van der Waals surface area (Å²) < 4.78 is 5.18. The molecule has 0 radical (unpaired) electrons. The molecule has 1 N–H and O–H groups in total. The predicted octanol–water partition coefficient (Wildman–Crippen LogP) is 3.40. The Balaban J connectivity index is 2.02. The Kier molecular flexibility index (Phi) is 8.39. The topological polar surface area (TPSA) is 58.6 Å². The fraction of sp³-hybridized carbons (Fsp3) is 0.364. The summed E-state index contributed by atoms with van der Waals surface area (Å²) in [5.41, 5.74) is 3.35. The van der Waals surface area contributed by atoms with Crippen LogP contribution in [0.4, 0.5) is 0 Å². The molecule has 1 atom stereocenters. The number of rotatable bonds is 9. The lowest BCUT2D eigenvalue weighted by Gasteiger charge is -2.28. The molecular weight excluding hydrogens is 372 g/mol. The molecule has 6 heteroatoms. The Hall–Kier alpha value is -2.47. The molecule has 150 valence electrons. The van der Waals surface area contributed by atoms with Crippen molar-refractivity contribution >= 4 is 23.6 Å². The van der Waals surface area contributed by atoms with Gasteiger partial charge in [0.15, 0.2) is 0 Å². The third-order valence-electron chi connectivity index (χ3n) is 4.54. The van der Waals surface area contributed by atoms with Crippen molar-refractivity contribution in [2.24, 2.45) is 0 Å². The summed E-state index contributed by atoms with van der Waals surface area (Å²) in [6.07, 6.45) is 0. The highest BCUT2D eigenvalue weighted by molar-refractivity contribution is 7.99. The summed E-state index contributed by atoms with van der Waals surface area (Å²) >= 11 is 1.56. The molecule has 2 aromatic carbocycles. The normalized spacial score (nSPS) is 11.6. The van der Waals surface area contributed by atoms with E-state index in [9.17, 15) is 9.59 Å². The van der Waals surface area contributed by atoms with Crippen LogP contribution in [0.5, 0.6) is 5.75 Å². The zero-order valence-corrected chi connectivity index (χ0v) is 17.7. The minimum Gasteiger partial charge on any atom is -0.497 e. The predicted molar refractivity (Wildman–Crippen MR) is 114 cm³/mol. The average molecular weight is 401 g/mol. The van der Waals surface area contributed by atoms with Crippen LogP contribution in [0, 0.1) is 6.92 Å². The van der Waals surface area contributed by atoms with E-state index in [1.165, 1.54) is 11.1 Å². The van der Waals surface area contributed by atoms with Crippen molar-refractivity contribution in [2.75, 3.05) is 19.9 Å². The number of hydrogen-bond acceptors (Lipinski definition) is 4. The number of carbonyl (C=O) groups excluding carboxylic acids is 2. The maximum absolute atomic E-state index is 12.9. The van der Waals surface area contributed by atoms with Gasteiger partial charge in [-0.25, -0.2) is 0 Å². The number of likely N-dealkylation sites (N-methyl/N-ethyl adjacent to an activating group) is 1. The number of benzene rings is 2. The Bertz CT molecular complexity index is 775. The van der Waals surface area contributed by atoms with E-state index in [2.05, 4.69) is 36.5 Å². The minimum atomic E-state index is -0.542. The molecular formula is C22H28N2O3S. The van der Waals surface area contributed by atoms with Crippen molar-refractivity contribution in [3.05, 3.63) is 65.2 Å². The minimum absolute atomic E-state index is 0.0518. The summed E-state index contributed by atoms with van der Waals surface area (Å²) in [6.45, 7) is 4.19. The van der Waals surface area contributed by atoms with Crippen LogP contribution in [0.3, 0.4) is 0 Å². The summed E-state index contributed by atoms with van der Waals surface area (Å²) in [5.74, 6) is 1.62. The number of nitrogens with zero attached hydrogens (tertiary/aromatic N) is 1. The molecule has 0 aromatic heterocycles. The lowest BCUT2D eigenvalue weighted by molar-refractivity contribution is -0.138. The molecule has 0 fully saturated rings. The number of carbonyl (C=O) groups is 2. The Morgan fingerprint density at radius 3 is 2.25 bits per heavy atom. The van der Waals surface area contributed by atoms with Gasteiger partial charge in [-0.05, 0) is 37.1 Å². The van der Waals surface area contributed by atoms with Gasteiger partial charge in [-0.3, -0.25) is 9.59 Å². The third kappa shape index (κ3) is 6.30. The van der Waals surface area contributed by atoms with Gasteiger partial charge in [-0.1, -0.05) is 42.0 Å². The van der Waals surface area contributed by atoms with E-state index < -0.39 is 6.04 Å². The lowest BCUT2D eigenvalue weighted by atomic mass is 10.1. The summed E-state index contributed by atoms with van der Waals surface area (Å²) in [4.78, 5) is 26.6. The molecule has 0 aliphatic heterocycles. The maximum Gasteiger partial charge on any atom is 0.242 e. The van der Waals surface area contributed by atoms with Crippen LogP contribution in [0.1, 0.15) is 23.6 Å². The number of methoxy groups -OCH3 is 1. The highest BCUT2D eigenvalue weighted by Gasteiger charge is 2.25. The monoisotopic (exact) mass is 400 g/mol. The van der Waals surface area contributed by atoms with Gasteiger partial charge < -0.3 is 15.0 Å². The van der Waals surface area contributed by atoms with Crippen LogP contribution in [0.15, 0.2) is 48.5 Å². The van der Waals surface area contributed by atoms with E-state index >= 15 is 0 Å². The van der Waals surface area contributed by atoms with Gasteiger partial charge in [0.1, 0.15) is 11.8 Å². The molecule has 0 unspecified atom stereocenters. The molecule has 0 spiro atoms. The average Bonchev–Trinajstić information content (AvgIpc) is 2.72. The first-order chi connectivity index (χ1) is 13.4. The van der Waals surface area contributed by atoms with Gasteiger partial charge in [-0.2, -0.15) is 0 Å². The molecule has 0 aliphatic rings. The second-order valence-corrected chi connectivity index (χ2v) is 7.62. The highest BCUT2D eigenvalue weighted by Crippen LogP contribution is 2.18. The molecule has 0 heterocycles. The summed E-state index contributed by atoms with van der Waals surface area (Å²) in [6, 6.07) is 15.3. The lowest BCUT2D eigenvalue weighted by Crippen LogP contribution is -2.47. The van der Waals surface area contributed by atoms with Gasteiger partial charge in [0, 0.05) is 19.3 Å². The molecule has 0 saturated heterocycles. The summed E-state index contributed by atoms with van der Waals surface area (Å²) in [7, 11) is 3.20. The molecule has 2 aromatic rings. The zero-order chi connectivity index (χ0) is 20.5. The molecule has 28 heavy (non-hydrogen) atoms. The molecule has 2 amide bonds. The highest BCUT2D eigenvalue weighted by atomic mass is 32.2. The fourth-order valence-corrected chi connectivity index (χ4v) is 3.61. The standard InChI is InChI=1S/C22H28N2O3S/c1-16-5-7-19(8-6-16)14-28-15-21(25)24(17(2)22(26)23-3)13-18-9-11-20(27-4)12-10-18/h5-12,17H,13-15H2,1-4H3,(H,23,26)/t17-/m1/s1. The first-order valence-electron chi connectivity index (χ1n) is 9.22. The van der Waals surface area contributed by atoms with Crippen molar-refractivity contribution in [1.82, 2.24) is 10.2 Å². The number of thioether (sulfide) groups is 1. The van der Waals surface area contributed by atoms with Gasteiger partial charge in [0.05, 0.1) is 12.9 Å². The maximum atomic E-state index is 12.9. The van der Waals surface area contributed by atoms with Crippen LogP contribution >= 0.6 is 11.8 Å².